The Morgan fingerprint density at radius 1 is 1.36 bits per heavy atom. The standard InChI is InChI=1S/C20H27ClN4O2.ClH/c1-2-9-27-18-10-14(5-8-17(18)22)20(26)23-11-15-12-24-25-19(15)13-3-6-16(21)7-4-13;/h3-4,6-7,12,14,17-18H,2,5,8-11,22H2,1H3,(H,23,26)(H,24,25);1H/t14-,17-,18-;/m0./s1. The molecule has 0 bridgehead atoms. The number of halogens is 2. The number of nitrogens with two attached hydrogens (primary N) is 1. The zero-order chi connectivity index (χ0) is 19.2. The first-order chi connectivity index (χ1) is 13.1. The van der Waals surface area contributed by atoms with Gasteiger partial charge in [-0.3, -0.25) is 9.89 Å². The lowest BCUT2D eigenvalue weighted by molar-refractivity contribution is -0.128. The lowest BCUT2D eigenvalue weighted by Crippen LogP contribution is -2.45. The van der Waals surface area contributed by atoms with Crippen LogP contribution in [0.5, 0.6) is 0 Å². The molecule has 2 aromatic rings. The third kappa shape index (κ3) is 5.70. The number of hydrogen-bond acceptors (Lipinski definition) is 4. The van der Waals surface area contributed by atoms with Crippen LogP contribution < -0.4 is 11.1 Å². The first-order valence-corrected chi connectivity index (χ1v) is 9.89. The number of nitrogens with one attached hydrogen (secondary N) is 2. The van der Waals surface area contributed by atoms with Crippen molar-refractivity contribution < 1.29 is 9.53 Å². The summed E-state index contributed by atoms with van der Waals surface area (Å²) in [4.78, 5) is 12.7. The maximum absolute atomic E-state index is 12.7. The summed E-state index contributed by atoms with van der Waals surface area (Å²) in [5, 5.41) is 10.9. The average molecular weight is 427 g/mol. The highest BCUT2D eigenvalue weighted by molar-refractivity contribution is 6.30. The monoisotopic (exact) mass is 426 g/mol. The van der Waals surface area contributed by atoms with E-state index in [1.54, 1.807) is 6.20 Å². The number of benzene rings is 1. The lowest BCUT2D eigenvalue weighted by Gasteiger charge is -2.33. The molecule has 28 heavy (non-hydrogen) atoms. The van der Waals surface area contributed by atoms with E-state index in [9.17, 15) is 4.79 Å². The molecule has 1 saturated carbocycles. The number of rotatable bonds is 7. The molecule has 154 valence electrons. The molecule has 3 atom stereocenters. The second-order valence-corrected chi connectivity index (χ2v) is 7.51. The van der Waals surface area contributed by atoms with Crippen molar-refractivity contribution in [3.8, 4) is 11.3 Å². The Balaban J connectivity index is 0.00000280. The van der Waals surface area contributed by atoms with E-state index in [0.717, 1.165) is 36.1 Å². The molecule has 4 N–H and O–H groups in total. The molecule has 0 saturated heterocycles. The molecular formula is C20H28Cl2N4O2. The van der Waals surface area contributed by atoms with Crippen LogP contribution in [0.1, 0.15) is 38.2 Å². The molecule has 3 rings (SSSR count). The molecule has 8 heteroatoms. The summed E-state index contributed by atoms with van der Waals surface area (Å²) in [6.45, 7) is 3.18. The van der Waals surface area contributed by atoms with Crippen molar-refractivity contribution in [2.45, 2.75) is 51.3 Å². The van der Waals surface area contributed by atoms with Gasteiger partial charge in [0.2, 0.25) is 5.91 Å². The van der Waals surface area contributed by atoms with Gasteiger partial charge in [0.1, 0.15) is 0 Å². The van der Waals surface area contributed by atoms with Crippen molar-refractivity contribution in [1.29, 1.82) is 0 Å². The van der Waals surface area contributed by atoms with Crippen LogP contribution in [0.2, 0.25) is 5.02 Å². The number of ether oxygens (including phenoxy) is 1. The summed E-state index contributed by atoms with van der Waals surface area (Å²) in [5.41, 5.74) is 8.97. The zero-order valence-corrected chi connectivity index (χ0v) is 17.6. The van der Waals surface area contributed by atoms with Crippen LogP contribution in [0.4, 0.5) is 0 Å². The largest absolute Gasteiger partial charge is 0.377 e. The molecule has 1 fully saturated rings. The minimum absolute atomic E-state index is 0. The fourth-order valence-electron chi connectivity index (χ4n) is 3.49. The molecule has 0 unspecified atom stereocenters. The molecule has 0 spiro atoms. The Labute approximate surface area is 177 Å². The van der Waals surface area contributed by atoms with E-state index < -0.39 is 0 Å². The Hall–Kier alpha value is -1.60. The van der Waals surface area contributed by atoms with Crippen molar-refractivity contribution in [3.05, 3.63) is 41.0 Å². The Morgan fingerprint density at radius 2 is 2.11 bits per heavy atom. The normalized spacial score (nSPS) is 21.8. The van der Waals surface area contributed by atoms with E-state index in [4.69, 9.17) is 22.1 Å². The molecule has 1 aromatic heterocycles. The third-order valence-electron chi connectivity index (χ3n) is 5.05. The van der Waals surface area contributed by atoms with Crippen LogP contribution in [-0.4, -0.2) is 34.9 Å². The number of aromatic amines is 1. The van der Waals surface area contributed by atoms with Gasteiger partial charge in [-0.2, -0.15) is 5.10 Å². The second kappa shape index (κ2) is 10.8. The van der Waals surface area contributed by atoms with Crippen LogP contribution in [-0.2, 0) is 16.1 Å². The van der Waals surface area contributed by atoms with Gasteiger partial charge in [-0.15, -0.1) is 12.4 Å². The fraction of sp³-hybridized carbons (Fsp3) is 0.500. The first-order valence-electron chi connectivity index (χ1n) is 9.51. The lowest BCUT2D eigenvalue weighted by atomic mass is 9.83. The predicted octanol–water partition coefficient (Wildman–Crippen LogP) is 3.69. The minimum atomic E-state index is -0.0578. The van der Waals surface area contributed by atoms with E-state index in [-0.39, 0.29) is 36.4 Å². The van der Waals surface area contributed by atoms with Crippen LogP contribution in [0, 0.1) is 5.92 Å². The summed E-state index contributed by atoms with van der Waals surface area (Å²) in [5.74, 6) is -0.00667. The quantitative estimate of drug-likeness (QED) is 0.628. The molecule has 6 nitrogen and oxygen atoms in total. The van der Waals surface area contributed by atoms with Gasteiger partial charge < -0.3 is 15.8 Å². The maximum Gasteiger partial charge on any atom is 0.223 e. The average Bonchev–Trinajstić information content (AvgIpc) is 3.14. The summed E-state index contributed by atoms with van der Waals surface area (Å²) in [6.07, 6.45) is 4.96. The molecule has 1 aliphatic carbocycles. The van der Waals surface area contributed by atoms with Crippen molar-refractivity contribution >= 4 is 29.9 Å². The van der Waals surface area contributed by atoms with Crippen molar-refractivity contribution in [2.24, 2.45) is 11.7 Å². The highest BCUT2D eigenvalue weighted by Gasteiger charge is 2.32. The van der Waals surface area contributed by atoms with Crippen LogP contribution in [0.3, 0.4) is 0 Å². The van der Waals surface area contributed by atoms with Gasteiger partial charge in [0.15, 0.2) is 0 Å². The second-order valence-electron chi connectivity index (χ2n) is 7.08. The number of H-pyrrole nitrogens is 1. The van der Waals surface area contributed by atoms with Gasteiger partial charge in [-0.25, -0.2) is 0 Å². The van der Waals surface area contributed by atoms with Crippen LogP contribution >= 0.6 is 24.0 Å². The van der Waals surface area contributed by atoms with Gasteiger partial charge in [0, 0.05) is 35.7 Å². The summed E-state index contributed by atoms with van der Waals surface area (Å²) < 4.78 is 5.83. The Morgan fingerprint density at radius 3 is 2.82 bits per heavy atom. The number of hydrogen-bond donors (Lipinski definition) is 3. The summed E-state index contributed by atoms with van der Waals surface area (Å²) >= 11 is 5.95. The fourth-order valence-corrected chi connectivity index (χ4v) is 3.62. The molecule has 0 aliphatic heterocycles. The molecule has 1 amide bonds. The van der Waals surface area contributed by atoms with Gasteiger partial charge >= 0.3 is 0 Å². The van der Waals surface area contributed by atoms with Crippen molar-refractivity contribution in [1.82, 2.24) is 15.5 Å². The molecule has 1 heterocycles. The van der Waals surface area contributed by atoms with Crippen molar-refractivity contribution in [3.63, 3.8) is 0 Å². The maximum atomic E-state index is 12.7. The Bertz CT molecular complexity index is 751. The Kier molecular flexibility index (Phi) is 8.76. The topological polar surface area (TPSA) is 93.0 Å². The highest BCUT2D eigenvalue weighted by Crippen LogP contribution is 2.27. The minimum Gasteiger partial charge on any atom is -0.377 e. The third-order valence-corrected chi connectivity index (χ3v) is 5.31. The van der Waals surface area contributed by atoms with E-state index in [0.29, 0.717) is 24.6 Å². The van der Waals surface area contributed by atoms with E-state index in [1.807, 2.05) is 24.3 Å². The number of carbonyl (C=O) groups is 1. The zero-order valence-electron chi connectivity index (χ0n) is 16.0. The highest BCUT2D eigenvalue weighted by atomic mass is 35.5. The van der Waals surface area contributed by atoms with Gasteiger partial charge in [0.25, 0.3) is 0 Å². The van der Waals surface area contributed by atoms with Crippen molar-refractivity contribution in [2.75, 3.05) is 6.61 Å². The van der Waals surface area contributed by atoms with Gasteiger partial charge in [-0.05, 0) is 43.4 Å². The van der Waals surface area contributed by atoms with E-state index in [2.05, 4.69) is 22.4 Å². The number of nitrogens with zero attached hydrogens (tertiary/aromatic N) is 1. The van der Waals surface area contributed by atoms with E-state index >= 15 is 0 Å². The number of carbonyl (C=O) groups excluding carboxylic acids is 1. The van der Waals surface area contributed by atoms with Crippen LogP contribution in [0.15, 0.2) is 30.5 Å². The van der Waals surface area contributed by atoms with Gasteiger partial charge in [0.05, 0.1) is 18.0 Å². The SMILES string of the molecule is CCCO[C@H]1C[C@@H](C(=O)NCc2cn[nH]c2-c2ccc(Cl)cc2)CC[C@@H]1N.Cl. The molecular weight excluding hydrogens is 399 g/mol. The summed E-state index contributed by atoms with van der Waals surface area (Å²) in [6, 6.07) is 7.55. The summed E-state index contributed by atoms with van der Waals surface area (Å²) in [7, 11) is 0. The smallest absolute Gasteiger partial charge is 0.223 e. The van der Waals surface area contributed by atoms with E-state index in [1.165, 1.54) is 0 Å². The van der Waals surface area contributed by atoms with Gasteiger partial charge in [-0.1, -0.05) is 30.7 Å². The molecule has 0 radical (unpaired) electrons. The first kappa shape index (κ1) is 22.7. The van der Waals surface area contributed by atoms with Crippen LogP contribution in [0.25, 0.3) is 11.3 Å². The predicted molar refractivity (Wildman–Crippen MR) is 113 cm³/mol. The molecule has 1 aromatic carbocycles. The molecule has 1 aliphatic rings. The number of aromatic nitrogens is 2. The number of amides is 1.